The minimum absolute atomic E-state index is 0.0722. The maximum atomic E-state index is 13.4. The van der Waals surface area contributed by atoms with Gasteiger partial charge in [0, 0.05) is 19.8 Å². The van der Waals surface area contributed by atoms with Crippen LogP contribution < -0.4 is 9.64 Å². The van der Waals surface area contributed by atoms with Gasteiger partial charge in [0.15, 0.2) is 6.29 Å². The molecule has 2 aromatic rings. The van der Waals surface area contributed by atoms with E-state index >= 15 is 0 Å². The van der Waals surface area contributed by atoms with E-state index in [0.29, 0.717) is 22.6 Å². The number of carbonyl (C=O) groups excluding carboxylic acids is 4. The molecular formula is C25H28N2O8. The highest BCUT2D eigenvalue weighted by molar-refractivity contribution is 6.23. The first kappa shape index (κ1) is 25.9. The molecule has 0 aliphatic carbocycles. The molecule has 0 aromatic heterocycles. The molecule has 10 nitrogen and oxygen atoms in total. The largest absolute Gasteiger partial charge is 0.497 e. The molecule has 1 saturated heterocycles. The summed E-state index contributed by atoms with van der Waals surface area (Å²) in [5.41, 5.74) is 0.905. The zero-order valence-electron chi connectivity index (χ0n) is 20.1. The van der Waals surface area contributed by atoms with Crippen molar-refractivity contribution in [1.29, 1.82) is 0 Å². The number of esters is 1. The number of hydrogen-bond acceptors (Lipinski definition) is 8. The van der Waals surface area contributed by atoms with Crippen molar-refractivity contribution in [3.8, 4) is 5.75 Å². The number of carbonyl (C=O) groups is 4. The van der Waals surface area contributed by atoms with Gasteiger partial charge < -0.3 is 23.8 Å². The number of hydrogen-bond donors (Lipinski definition) is 0. The minimum Gasteiger partial charge on any atom is -0.497 e. The van der Waals surface area contributed by atoms with E-state index in [9.17, 15) is 19.2 Å². The van der Waals surface area contributed by atoms with Crippen molar-refractivity contribution < 1.29 is 38.1 Å². The van der Waals surface area contributed by atoms with Crippen LogP contribution in [0.15, 0.2) is 48.5 Å². The fourth-order valence-electron chi connectivity index (χ4n) is 3.75. The second kappa shape index (κ2) is 11.6. The number of benzene rings is 2. The highest BCUT2D eigenvalue weighted by Gasteiger charge is 2.45. The average Bonchev–Trinajstić information content (AvgIpc) is 3.18. The first-order valence-corrected chi connectivity index (χ1v) is 11.0. The number of ether oxygens (including phenoxy) is 4. The number of methoxy groups -OCH3 is 3. The van der Waals surface area contributed by atoms with Crippen molar-refractivity contribution in [3.05, 3.63) is 59.7 Å². The minimum atomic E-state index is -1.06. The molecule has 0 spiro atoms. The van der Waals surface area contributed by atoms with E-state index in [1.54, 1.807) is 31.2 Å². The van der Waals surface area contributed by atoms with Gasteiger partial charge in [0.25, 0.3) is 11.8 Å². The van der Waals surface area contributed by atoms with Crippen LogP contribution in [0.2, 0.25) is 0 Å². The Morgan fingerprint density at radius 1 is 0.971 bits per heavy atom. The lowest BCUT2D eigenvalue weighted by Gasteiger charge is -2.30. The molecule has 0 N–H and O–H groups in total. The van der Waals surface area contributed by atoms with Gasteiger partial charge in [-0.05, 0) is 55.5 Å². The smallest absolute Gasteiger partial charge is 0.338 e. The highest BCUT2D eigenvalue weighted by atomic mass is 16.7. The number of anilines is 1. The van der Waals surface area contributed by atoms with Crippen molar-refractivity contribution in [2.75, 3.05) is 39.4 Å². The molecule has 2 aromatic carbocycles. The Morgan fingerprint density at radius 3 is 2.11 bits per heavy atom. The molecule has 1 aliphatic heterocycles. The van der Waals surface area contributed by atoms with Crippen LogP contribution in [-0.4, -0.2) is 75.4 Å². The van der Waals surface area contributed by atoms with E-state index in [4.69, 9.17) is 18.9 Å². The van der Waals surface area contributed by atoms with E-state index in [0.717, 1.165) is 4.90 Å². The van der Waals surface area contributed by atoms with Gasteiger partial charge in [0.2, 0.25) is 5.91 Å². The van der Waals surface area contributed by atoms with Crippen LogP contribution in [-0.2, 0) is 23.8 Å². The second-order valence-electron chi connectivity index (χ2n) is 7.64. The molecule has 3 amide bonds. The van der Waals surface area contributed by atoms with Crippen molar-refractivity contribution in [2.24, 2.45) is 0 Å². The maximum Gasteiger partial charge on any atom is 0.338 e. The van der Waals surface area contributed by atoms with Crippen molar-refractivity contribution >= 4 is 29.4 Å². The topological polar surface area (TPSA) is 112 Å². The third-order valence-corrected chi connectivity index (χ3v) is 5.61. The zero-order chi connectivity index (χ0) is 25.5. The molecule has 0 radical (unpaired) electrons. The fourth-order valence-corrected chi connectivity index (χ4v) is 3.75. The quantitative estimate of drug-likeness (QED) is 0.287. The lowest BCUT2D eigenvalue weighted by molar-refractivity contribution is -0.128. The SMILES string of the molecule is CCOC(=O)c1ccc(N2C(=O)CC(N(CC(OC)OC)C(=O)c3ccc(OC)cc3)C2=O)cc1. The lowest BCUT2D eigenvalue weighted by Crippen LogP contribution is -2.49. The second-order valence-corrected chi connectivity index (χ2v) is 7.64. The monoisotopic (exact) mass is 484 g/mol. The van der Waals surface area contributed by atoms with Gasteiger partial charge in [-0.25, -0.2) is 9.69 Å². The molecule has 3 rings (SSSR count). The van der Waals surface area contributed by atoms with E-state index < -0.39 is 36.0 Å². The molecule has 1 unspecified atom stereocenters. The molecule has 0 bridgehead atoms. The van der Waals surface area contributed by atoms with Crippen LogP contribution in [0, 0.1) is 0 Å². The summed E-state index contributed by atoms with van der Waals surface area (Å²) in [4.78, 5) is 53.9. The third kappa shape index (κ3) is 5.67. The predicted molar refractivity (Wildman–Crippen MR) is 125 cm³/mol. The Bertz CT molecular complexity index is 1060. The predicted octanol–water partition coefficient (Wildman–Crippen LogP) is 2.27. The molecule has 1 fully saturated rings. The maximum absolute atomic E-state index is 13.4. The van der Waals surface area contributed by atoms with E-state index in [-0.39, 0.29) is 19.6 Å². The standard InChI is InChI=1S/C25H28N2O8/c1-5-35-25(31)17-6-10-18(11-7-17)27-21(28)14-20(24(27)30)26(15-22(33-3)34-4)23(29)16-8-12-19(32-2)13-9-16/h6-13,20,22H,5,14-15H2,1-4H3. The lowest BCUT2D eigenvalue weighted by atomic mass is 10.1. The number of rotatable bonds is 10. The van der Waals surface area contributed by atoms with E-state index in [1.165, 1.54) is 50.5 Å². The highest BCUT2D eigenvalue weighted by Crippen LogP contribution is 2.28. The summed E-state index contributed by atoms with van der Waals surface area (Å²) in [5.74, 6) is -1.42. The third-order valence-electron chi connectivity index (χ3n) is 5.61. The fraction of sp³-hybridized carbons (Fsp3) is 0.360. The molecule has 1 aliphatic rings. The average molecular weight is 485 g/mol. The summed E-state index contributed by atoms with van der Waals surface area (Å²) in [5, 5.41) is 0. The van der Waals surface area contributed by atoms with Crippen molar-refractivity contribution in [2.45, 2.75) is 25.7 Å². The number of imide groups is 1. The van der Waals surface area contributed by atoms with Crippen molar-refractivity contribution in [3.63, 3.8) is 0 Å². The number of amides is 3. The van der Waals surface area contributed by atoms with Gasteiger partial charge in [-0.3, -0.25) is 14.4 Å². The Labute approximate surface area is 203 Å². The van der Waals surface area contributed by atoms with E-state index in [2.05, 4.69) is 0 Å². The van der Waals surface area contributed by atoms with Crippen molar-refractivity contribution in [1.82, 2.24) is 4.90 Å². The van der Waals surface area contributed by atoms with Crippen LogP contribution >= 0.6 is 0 Å². The van der Waals surface area contributed by atoms with Crippen LogP contribution in [0.25, 0.3) is 0 Å². The molecule has 0 saturated carbocycles. The Balaban J connectivity index is 1.89. The zero-order valence-corrected chi connectivity index (χ0v) is 20.1. The summed E-state index contributed by atoms with van der Waals surface area (Å²) in [6.07, 6.45) is -1.02. The van der Waals surface area contributed by atoms with Gasteiger partial charge in [0.1, 0.15) is 11.8 Å². The first-order valence-electron chi connectivity index (χ1n) is 11.0. The van der Waals surface area contributed by atoms with Crippen LogP contribution in [0.3, 0.4) is 0 Å². The number of nitrogens with zero attached hydrogens (tertiary/aromatic N) is 2. The van der Waals surface area contributed by atoms with Crippen LogP contribution in [0.5, 0.6) is 5.75 Å². The molecule has 186 valence electrons. The summed E-state index contributed by atoms with van der Waals surface area (Å²) < 4.78 is 20.6. The molecular weight excluding hydrogens is 456 g/mol. The van der Waals surface area contributed by atoms with Gasteiger partial charge in [-0.2, -0.15) is 0 Å². The van der Waals surface area contributed by atoms with Gasteiger partial charge >= 0.3 is 5.97 Å². The van der Waals surface area contributed by atoms with Crippen LogP contribution in [0.1, 0.15) is 34.1 Å². The normalized spacial score (nSPS) is 15.5. The molecule has 1 atom stereocenters. The summed E-state index contributed by atoms with van der Waals surface area (Å²) in [6.45, 7) is 1.86. The van der Waals surface area contributed by atoms with Gasteiger partial charge in [-0.15, -0.1) is 0 Å². The summed E-state index contributed by atoms with van der Waals surface area (Å²) in [6, 6.07) is 11.3. The molecule has 1 heterocycles. The molecule has 35 heavy (non-hydrogen) atoms. The first-order chi connectivity index (χ1) is 16.8. The summed E-state index contributed by atoms with van der Waals surface area (Å²) >= 11 is 0. The van der Waals surface area contributed by atoms with Crippen LogP contribution in [0.4, 0.5) is 5.69 Å². The summed E-state index contributed by atoms with van der Waals surface area (Å²) in [7, 11) is 4.36. The Morgan fingerprint density at radius 2 is 1.57 bits per heavy atom. The Hall–Kier alpha value is -3.76. The van der Waals surface area contributed by atoms with Gasteiger partial charge in [0.05, 0.1) is 37.9 Å². The molecule has 10 heteroatoms. The van der Waals surface area contributed by atoms with Gasteiger partial charge in [-0.1, -0.05) is 0 Å². The Kier molecular flexibility index (Phi) is 8.56. The van der Waals surface area contributed by atoms with E-state index in [1.807, 2.05) is 0 Å².